The lowest BCUT2D eigenvalue weighted by Gasteiger charge is -2.34. The zero-order chi connectivity index (χ0) is 23.4. The molecule has 0 aliphatic carbocycles. The van der Waals surface area contributed by atoms with Gasteiger partial charge in [0.05, 0.1) is 4.88 Å². The monoisotopic (exact) mass is 502 g/mol. The first kappa shape index (κ1) is 24.1. The van der Waals surface area contributed by atoms with Crippen LogP contribution in [0, 0.1) is 0 Å². The third-order valence-corrected chi connectivity index (χ3v) is 7.59. The van der Waals surface area contributed by atoms with Gasteiger partial charge < -0.3 is 9.64 Å². The molecular formula is C26H28Cl2N2O2S. The fourth-order valence-electron chi connectivity index (χ4n) is 3.85. The third-order valence-electron chi connectivity index (χ3n) is 5.92. The van der Waals surface area contributed by atoms with Crippen molar-refractivity contribution >= 4 is 40.4 Å². The van der Waals surface area contributed by atoms with E-state index in [0.717, 1.165) is 34.8 Å². The van der Waals surface area contributed by atoms with Gasteiger partial charge in [-0.1, -0.05) is 55.2 Å². The minimum absolute atomic E-state index is 0.0861. The van der Waals surface area contributed by atoms with E-state index in [0.29, 0.717) is 42.2 Å². The maximum absolute atomic E-state index is 13.0. The lowest BCUT2D eigenvalue weighted by atomic mass is 10.0. The average Bonchev–Trinajstić information content (AvgIpc) is 3.29. The highest BCUT2D eigenvalue weighted by Crippen LogP contribution is 2.27. The van der Waals surface area contributed by atoms with Gasteiger partial charge in [0.25, 0.3) is 5.91 Å². The molecule has 4 rings (SSSR count). The van der Waals surface area contributed by atoms with Crippen LogP contribution in [0.4, 0.5) is 0 Å². The van der Waals surface area contributed by atoms with Crippen molar-refractivity contribution in [2.24, 2.45) is 0 Å². The van der Waals surface area contributed by atoms with Gasteiger partial charge in [0, 0.05) is 53.9 Å². The van der Waals surface area contributed by atoms with Crippen molar-refractivity contribution in [2.75, 3.05) is 26.2 Å². The molecule has 0 unspecified atom stereocenters. The van der Waals surface area contributed by atoms with E-state index >= 15 is 0 Å². The summed E-state index contributed by atoms with van der Waals surface area (Å²) in [5, 5.41) is 3.38. The molecule has 1 fully saturated rings. The lowest BCUT2D eigenvalue weighted by Crippen LogP contribution is -2.48. The van der Waals surface area contributed by atoms with Crippen LogP contribution in [0.1, 0.15) is 46.1 Å². The summed E-state index contributed by atoms with van der Waals surface area (Å²) in [5.74, 6) is 1.43. The summed E-state index contributed by atoms with van der Waals surface area (Å²) in [5.41, 5.74) is 3.26. The molecule has 33 heavy (non-hydrogen) atoms. The van der Waals surface area contributed by atoms with Gasteiger partial charge in [-0.15, -0.1) is 11.3 Å². The minimum atomic E-state index is 0.0861. The number of ether oxygens (including phenoxy) is 1. The molecule has 0 bridgehead atoms. The Labute approximate surface area is 209 Å². The van der Waals surface area contributed by atoms with Crippen molar-refractivity contribution in [1.29, 1.82) is 0 Å². The van der Waals surface area contributed by atoms with Crippen molar-refractivity contribution in [2.45, 2.75) is 32.9 Å². The summed E-state index contributed by atoms with van der Waals surface area (Å²) in [4.78, 5) is 18.0. The molecule has 3 aromatic rings. The van der Waals surface area contributed by atoms with Gasteiger partial charge in [-0.05, 0) is 47.2 Å². The van der Waals surface area contributed by atoms with Crippen LogP contribution in [-0.2, 0) is 13.2 Å². The molecular weight excluding hydrogens is 475 g/mol. The van der Waals surface area contributed by atoms with Crippen LogP contribution in [0.3, 0.4) is 0 Å². The minimum Gasteiger partial charge on any atom is -0.489 e. The number of benzene rings is 2. The predicted molar refractivity (Wildman–Crippen MR) is 137 cm³/mol. The van der Waals surface area contributed by atoms with E-state index in [4.69, 9.17) is 27.9 Å². The first-order chi connectivity index (χ1) is 15.9. The number of hydrogen-bond donors (Lipinski definition) is 0. The van der Waals surface area contributed by atoms with Gasteiger partial charge in [-0.25, -0.2) is 0 Å². The number of carbonyl (C=O) groups excluding carboxylic acids is 1. The molecule has 0 atom stereocenters. The standard InChI is InChI=1S/C26H28Cl2N2O2S/c1-18(2)20-6-8-21(9-7-20)32-16-19-14-25(33-17-19)26(31)30-12-10-29(11-13-30)15-22-23(27)4-3-5-24(22)28/h3-9,14,17-18H,10-13,15-16H2,1-2H3. The highest BCUT2D eigenvalue weighted by atomic mass is 35.5. The second-order valence-electron chi connectivity index (χ2n) is 8.60. The maximum Gasteiger partial charge on any atom is 0.264 e. The highest BCUT2D eigenvalue weighted by molar-refractivity contribution is 7.12. The van der Waals surface area contributed by atoms with E-state index in [1.54, 1.807) is 0 Å². The van der Waals surface area contributed by atoms with Crippen LogP contribution in [0.15, 0.2) is 53.9 Å². The smallest absolute Gasteiger partial charge is 0.264 e. The Morgan fingerprint density at radius 3 is 2.33 bits per heavy atom. The highest BCUT2D eigenvalue weighted by Gasteiger charge is 2.24. The zero-order valence-corrected chi connectivity index (χ0v) is 21.2. The van der Waals surface area contributed by atoms with Gasteiger partial charge in [0.2, 0.25) is 0 Å². The van der Waals surface area contributed by atoms with Crippen LogP contribution in [0.5, 0.6) is 5.75 Å². The molecule has 2 heterocycles. The normalized spacial score (nSPS) is 14.6. The largest absolute Gasteiger partial charge is 0.489 e. The van der Waals surface area contributed by atoms with E-state index in [1.807, 2.05) is 46.7 Å². The van der Waals surface area contributed by atoms with Crippen molar-refractivity contribution in [3.05, 3.63) is 85.5 Å². The Hall–Kier alpha value is -2.05. The molecule has 0 spiro atoms. The summed E-state index contributed by atoms with van der Waals surface area (Å²) in [6.45, 7) is 8.46. The SMILES string of the molecule is CC(C)c1ccc(OCc2csc(C(=O)N3CCN(Cc4c(Cl)cccc4Cl)CC3)c2)cc1. The number of amides is 1. The van der Waals surface area contributed by atoms with Crippen molar-refractivity contribution in [1.82, 2.24) is 9.80 Å². The Morgan fingerprint density at radius 1 is 1.03 bits per heavy atom. The van der Waals surface area contributed by atoms with Crippen LogP contribution < -0.4 is 4.74 Å². The molecule has 0 N–H and O–H groups in total. The fourth-order valence-corrected chi connectivity index (χ4v) is 5.23. The summed E-state index contributed by atoms with van der Waals surface area (Å²) in [7, 11) is 0. The quantitative estimate of drug-likeness (QED) is 0.359. The van der Waals surface area contributed by atoms with Crippen LogP contribution >= 0.6 is 34.5 Å². The predicted octanol–water partition coefficient (Wildman–Crippen LogP) is 6.72. The average molecular weight is 503 g/mol. The van der Waals surface area contributed by atoms with E-state index in [1.165, 1.54) is 16.9 Å². The van der Waals surface area contributed by atoms with Gasteiger partial charge in [0.15, 0.2) is 0 Å². The van der Waals surface area contributed by atoms with Crippen LogP contribution in [-0.4, -0.2) is 41.9 Å². The van der Waals surface area contributed by atoms with Crippen molar-refractivity contribution in [3.63, 3.8) is 0 Å². The first-order valence-corrected chi connectivity index (χ1v) is 12.8. The Balaban J connectivity index is 1.28. The molecule has 4 nitrogen and oxygen atoms in total. The topological polar surface area (TPSA) is 32.8 Å². The summed E-state index contributed by atoms with van der Waals surface area (Å²) in [6.07, 6.45) is 0. The number of nitrogens with zero attached hydrogens (tertiary/aromatic N) is 2. The van der Waals surface area contributed by atoms with Gasteiger partial charge in [-0.3, -0.25) is 9.69 Å². The third kappa shape index (κ3) is 6.10. The Kier molecular flexibility index (Phi) is 7.97. The number of halogens is 2. The molecule has 1 aliphatic rings. The van der Waals surface area contributed by atoms with E-state index < -0.39 is 0 Å². The van der Waals surface area contributed by atoms with Gasteiger partial charge >= 0.3 is 0 Å². The number of carbonyl (C=O) groups is 1. The lowest BCUT2D eigenvalue weighted by molar-refractivity contribution is 0.0633. The van der Waals surface area contributed by atoms with E-state index in [2.05, 4.69) is 30.9 Å². The van der Waals surface area contributed by atoms with Gasteiger partial charge in [0.1, 0.15) is 12.4 Å². The Morgan fingerprint density at radius 2 is 1.70 bits per heavy atom. The van der Waals surface area contributed by atoms with Crippen molar-refractivity contribution in [3.8, 4) is 5.75 Å². The Bertz CT molecular complexity index is 1070. The molecule has 0 radical (unpaired) electrons. The summed E-state index contributed by atoms with van der Waals surface area (Å²) in [6, 6.07) is 15.7. The van der Waals surface area contributed by atoms with Gasteiger partial charge in [-0.2, -0.15) is 0 Å². The molecule has 1 amide bonds. The van der Waals surface area contributed by atoms with Crippen molar-refractivity contribution < 1.29 is 9.53 Å². The second kappa shape index (κ2) is 10.9. The van der Waals surface area contributed by atoms with E-state index in [9.17, 15) is 4.79 Å². The molecule has 2 aromatic carbocycles. The summed E-state index contributed by atoms with van der Waals surface area (Å²) < 4.78 is 5.91. The number of hydrogen-bond acceptors (Lipinski definition) is 4. The molecule has 1 saturated heterocycles. The van der Waals surface area contributed by atoms with Crippen LogP contribution in [0.25, 0.3) is 0 Å². The number of rotatable bonds is 7. The molecule has 7 heteroatoms. The summed E-state index contributed by atoms with van der Waals surface area (Å²) >= 11 is 14.1. The van der Waals surface area contributed by atoms with Crippen LogP contribution in [0.2, 0.25) is 10.0 Å². The number of thiophene rings is 1. The first-order valence-electron chi connectivity index (χ1n) is 11.2. The molecule has 0 saturated carbocycles. The second-order valence-corrected chi connectivity index (χ2v) is 10.3. The van der Waals surface area contributed by atoms with E-state index in [-0.39, 0.29) is 5.91 Å². The molecule has 174 valence electrons. The number of piperazine rings is 1. The zero-order valence-electron chi connectivity index (χ0n) is 18.9. The molecule has 1 aromatic heterocycles. The molecule has 1 aliphatic heterocycles. The fraction of sp³-hybridized carbons (Fsp3) is 0.346. The maximum atomic E-state index is 13.0.